The number of benzene rings is 2. The zero-order valence-corrected chi connectivity index (χ0v) is 15.6. The van der Waals surface area contributed by atoms with Gasteiger partial charge in [0.1, 0.15) is 11.6 Å². The average Bonchev–Trinajstić information content (AvgIpc) is 3.13. The molecule has 6 heteroatoms. The number of carbonyl (C=O) groups excluding carboxylic acids is 1. The highest BCUT2D eigenvalue weighted by atomic mass is 19.1. The van der Waals surface area contributed by atoms with Crippen LogP contribution in [0, 0.1) is 11.6 Å². The van der Waals surface area contributed by atoms with Gasteiger partial charge in [0, 0.05) is 51.1 Å². The summed E-state index contributed by atoms with van der Waals surface area (Å²) in [6.45, 7) is 1.43. The molecule has 0 aliphatic carbocycles. The predicted molar refractivity (Wildman–Crippen MR) is 101 cm³/mol. The molecule has 1 atom stereocenters. The summed E-state index contributed by atoms with van der Waals surface area (Å²) in [4.78, 5) is 16.5. The van der Waals surface area contributed by atoms with Crippen LogP contribution in [-0.2, 0) is 11.3 Å². The third-order valence-corrected chi connectivity index (χ3v) is 4.67. The zero-order chi connectivity index (χ0) is 19.4. The number of amides is 1. The van der Waals surface area contributed by atoms with Crippen LogP contribution < -0.4 is 4.90 Å². The number of hydrogen-bond acceptors (Lipinski definition) is 3. The molecule has 0 N–H and O–H groups in total. The summed E-state index contributed by atoms with van der Waals surface area (Å²) in [6, 6.07) is 10.8. The number of hydrogen-bond donors (Lipinski definition) is 0. The molecule has 2 aromatic carbocycles. The van der Waals surface area contributed by atoms with Gasteiger partial charge < -0.3 is 14.5 Å². The van der Waals surface area contributed by atoms with Crippen LogP contribution in [0.25, 0.3) is 0 Å². The molecule has 1 fully saturated rings. The van der Waals surface area contributed by atoms with Crippen molar-refractivity contribution in [1.29, 1.82) is 0 Å². The Morgan fingerprint density at radius 1 is 1.11 bits per heavy atom. The number of anilines is 1. The fourth-order valence-electron chi connectivity index (χ4n) is 3.23. The molecule has 1 heterocycles. The molecule has 2 aromatic rings. The molecular weight excluding hydrogens is 350 g/mol. The number of ether oxygens (including phenoxy) is 1. The van der Waals surface area contributed by atoms with Gasteiger partial charge in [0.25, 0.3) is 5.91 Å². The SMILES string of the molecule is CN(C)c1ccc(CN(CC2CCCO2)C(=O)c2cc(F)cc(F)c2)cc1. The zero-order valence-electron chi connectivity index (χ0n) is 15.6. The summed E-state index contributed by atoms with van der Waals surface area (Å²) in [6.07, 6.45) is 1.79. The van der Waals surface area contributed by atoms with E-state index in [9.17, 15) is 13.6 Å². The van der Waals surface area contributed by atoms with Gasteiger partial charge in [-0.25, -0.2) is 8.78 Å². The second-order valence-electron chi connectivity index (χ2n) is 7.04. The quantitative estimate of drug-likeness (QED) is 0.770. The van der Waals surface area contributed by atoms with Crippen molar-refractivity contribution in [3.05, 3.63) is 65.2 Å². The molecule has 4 nitrogen and oxygen atoms in total. The van der Waals surface area contributed by atoms with Crippen LogP contribution >= 0.6 is 0 Å². The number of nitrogens with zero attached hydrogens (tertiary/aromatic N) is 2. The topological polar surface area (TPSA) is 32.8 Å². The van der Waals surface area contributed by atoms with Gasteiger partial charge in [0.05, 0.1) is 6.10 Å². The third kappa shape index (κ3) is 5.04. The summed E-state index contributed by atoms with van der Waals surface area (Å²) < 4.78 is 32.8. The standard InChI is InChI=1S/C21H24F2N2O2/c1-24(2)19-7-5-15(6-8-19)13-25(14-20-4-3-9-27-20)21(26)16-10-17(22)12-18(23)11-16/h5-8,10-12,20H,3-4,9,13-14H2,1-2H3. The molecule has 0 saturated carbocycles. The predicted octanol–water partition coefficient (Wildman–Crippen LogP) is 3.85. The first-order valence-electron chi connectivity index (χ1n) is 9.05. The summed E-state index contributed by atoms with van der Waals surface area (Å²) in [5, 5.41) is 0. The smallest absolute Gasteiger partial charge is 0.254 e. The van der Waals surface area contributed by atoms with Gasteiger partial charge in [-0.2, -0.15) is 0 Å². The molecule has 1 saturated heterocycles. The van der Waals surface area contributed by atoms with Crippen molar-refractivity contribution < 1.29 is 18.3 Å². The van der Waals surface area contributed by atoms with E-state index in [4.69, 9.17) is 4.74 Å². The second kappa shape index (κ2) is 8.48. The van der Waals surface area contributed by atoms with E-state index in [-0.39, 0.29) is 11.7 Å². The summed E-state index contributed by atoms with van der Waals surface area (Å²) in [5.41, 5.74) is 2.02. The van der Waals surface area contributed by atoms with Crippen LogP contribution in [-0.4, -0.2) is 44.2 Å². The van der Waals surface area contributed by atoms with Crippen LogP contribution in [0.2, 0.25) is 0 Å². The van der Waals surface area contributed by atoms with Crippen LogP contribution in [0.5, 0.6) is 0 Å². The normalized spacial score (nSPS) is 16.4. The van der Waals surface area contributed by atoms with Crippen LogP contribution in [0.4, 0.5) is 14.5 Å². The Kier molecular flexibility index (Phi) is 6.06. The van der Waals surface area contributed by atoms with Crippen molar-refractivity contribution >= 4 is 11.6 Å². The second-order valence-corrected chi connectivity index (χ2v) is 7.04. The fraction of sp³-hybridized carbons (Fsp3) is 0.381. The van der Waals surface area contributed by atoms with Gasteiger partial charge in [0.15, 0.2) is 0 Å². The Balaban J connectivity index is 1.82. The molecule has 0 spiro atoms. The molecule has 1 amide bonds. The largest absolute Gasteiger partial charge is 0.378 e. The molecule has 1 aliphatic rings. The lowest BCUT2D eigenvalue weighted by atomic mass is 10.1. The Morgan fingerprint density at radius 2 is 1.78 bits per heavy atom. The molecular formula is C21H24F2N2O2. The first-order chi connectivity index (χ1) is 12.9. The first kappa shape index (κ1) is 19.3. The molecule has 1 unspecified atom stereocenters. The molecule has 144 valence electrons. The maximum absolute atomic E-state index is 13.6. The van der Waals surface area contributed by atoms with Gasteiger partial charge in [-0.3, -0.25) is 4.79 Å². The molecule has 0 radical (unpaired) electrons. The lowest BCUT2D eigenvalue weighted by Gasteiger charge is -2.26. The molecule has 0 aromatic heterocycles. The molecule has 0 bridgehead atoms. The third-order valence-electron chi connectivity index (χ3n) is 4.67. The van der Waals surface area contributed by atoms with E-state index >= 15 is 0 Å². The summed E-state index contributed by atoms with van der Waals surface area (Å²) in [7, 11) is 3.92. The van der Waals surface area contributed by atoms with Gasteiger partial charge in [-0.1, -0.05) is 12.1 Å². The van der Waals surface area contributed by atoms with E-state index in [0.29, 0.717) is 19.7 Å². The lowest BCUT2D eigenvalue weighted by Crippen LogP contribution is -2.37. The van der Waals surface area contributed by atoms with E-state index in [1.807, 2.05) is 43.3 Å². The van der Waals surface area contributed by atoms with Crippen molar-refractivity contribution in [2.45, 2.75) is 25.5 Å². The molecule has 27 heavy (non-hydrogen) atoms. The van der Waals surface area contributed by atoms with E-state index in [1.54, 1.807) is 4.90 Å². The first-order valence-corrected chi connectivity index (χ1v) is 9.05. The minimum absolute atomic E-state index is 0.00964. The maximum Gasteiger partial charge on any atom is 0.254 e. The highest BCUT2D eigenvalue weighted by molar-refractivity contribution is 5.94. The lowest BCUT2D eigenvalue weighted by molar-refractivity contribution is 0.0506. The van der Waals surface area contributed by atoms with Crippen molar-refractivity contribution in [1.82, 2.24) is 4.90 Å². The molecule has 3 rings (SSSR count). The Labute approximate surface area is 158 Å². The van der Waals surface area contributed by atoms with E-state index < -0.39 is 17.5 Å². The van der Waals surface area contributed by atoms with Crippen molar-refractivity contribution in [2.75, 3.05) is 32.1 Å². The minimum atomic E-state index is -0.759. The van der Waals surface area contributed by atoms with Crippen LogP contribution in [0.1, 0.15) is 28.8 Å². The van der Waals surface area contributed by atoms with Crippen molar-refractivity contribution in [3.8, 4) is 0 Å². The molecule has 1 aliphatic heterocycles. The number of halogens is 2. The van der Waals surface area contributed by atoms with Crippen molar-refractivity contribution in [3.63, 3.8) is 0 Å². The van der Waals surface area contributed by atoms with E-state index in [2.05, 4.69) is 0 Å². The minimum Gasteiger partial charge on any atom is -0.378 e. The Hall–Kier alpha value is -2.47. The average molecular weight is 374 g/mol. The monoisotopic (exact) mass is 374 g/mol. The Morgan fingerprint density at radius 3 is 2.33 bits per heavy atom. The highest BCUT2D eigenvalue weighted by Gasteiger charge is 2.24. The summed E-state index contributed by atoms with van der Waals surface area (Å²) >= 11 is 0. The van der Waals surface area contributed by atoms with Crippen LogP contribution in [0.15, 0.2) is 42.5 Å². The maximum atomic E-state index is 13.6. The summed E-state index contributed by atoms with van der Waals surface area (Å²) in [5.74, 6) is -1.92. The van der Waals surface area contributed by atoms with Gasteiger partial charge in [-0.15, -0.1) is 0 Å². The van der Waals surface area contributed by atoms with E-state index in [1.165, 1.54) is 0 Å². The Bertz CT molecular complexity index is 767. The van der Waals surface area contributed by atoms with Crippen LogP contribution in [0.3, 0.4) is 0 Å². The highest BCUT2D eigenvalue weighted by Crippen LogP contribution is 2.20. The fourth-order valence-corrected chi connectivity index (χ4v) is 3.23. The van der Waals surface area contributed by atoms with Gasteiger partial charge in [-0.05, 0) is 42.7 Å². The van der Waals surface area contributed by atoms with Gasteiger partial charge >= 0.3 is 0 Å². The number of rotatable bonds is 6. The van der Waals surface area contributed by atoms with E-state index in [0.717, 1.165) is 42.3 Å². The number of carbonyl (C=O) groups is 1. The van der Waals surface area contributed by atoms with Gasteiger partial charge in [0.2, 0.25) is 0 Å². The van der Waals surface area contributed by atoms with Crippen molar-refractivity contribution in [2.24, 2.45) is 0 Å².